The number of benzene rings is 1. The van der Waals surface area contributed by atoms with E-state index in [-0.39, 0.29) is 11.9 Å². The van der Waals surface area contributed by atoms with Gasteiger partial charge in [-0.05, 0) is 31.8 Å². The first-order valence-electron chi connectivity index (χ1n) is 8.33. The summed E-state index contributed by atoms with van der Waals surface area (Å²) in [5.41, 5.74) is 1.04. The third-order valence-corrected chi connectivity index (χ3v) is 4.43. The molecule has 0 aliphatic carbocycles. The quantitative estimate of drug-likeness (QED) is 0.863. The van der Waals surface area contributed by atoms with Crippen LogP contribution >= 0.6 is 0 Å². The van der Waals surface area contributed by atoms with Gasteiger partial charge in [-0.2, -0.15) is 0 Å². The molecule has 0 spiro atoms. The first kappa shape index (κ1) is 16.5. The monoisotopic (exact) mass is 324 g/mol. The fourth-order valence-corrected chi connectivity index (χ4v) is 3.17. The van der Waals surface area contributed by atoms with E-state index in [2.05, 4.69) is 9.88 Å². The van der Waals surface area contributed by atoms with Crippen molar-refractivity contribution in [2.45, 2.75) is 6.04 Å². The molecule has 0 bridgehead atoms. The smallest absolute Gasteiger partial charge is 0.244 e. The summed E-state index contributed by atoms with van der Waals surface area (Å²) < 4.78 is 0. The van der Waals surface area contributed by atoms with Gasteiger partial charge < -0.3 is 9.80 Å². The Labute approximate surface area is 143 Å². The third-order valence-electron chi connectivity index (χ3n) is 4.43. The van der Waals surface area contributed by atoms with E-state index in [0.717, 1.165) is 37.6 Å². The fraction of sp³-hybridized carbons (Fsp3) is 0.368. The number of carbonyl (C=O) groups excluding carboxylic acids is 1. The Morgan fingerprint density at radius 2 is 1.67 bits per heavy atom. The summed E-state index contributed by atoms with van der Waals surface area (Å²) in [6.45, 7) is 3.09. The summed E-state index contributed by atoms with van der Waals surface area (Å²) >= 11 is 0. The van der Waals surface area contributed by atoms with Crippen LogP contribution in [0.1, 0.15) is 11.6 Å². The summed E-state index contributed by atoms with van der Waals surface area (Å²) in [7, 11) is 3.92. The van der Waals surface area contributed by atoms with Crippen molar-refractivity contribution in [2.75, 3.05) is 45.2 Å². The molecule has 5 heteroatoms. The highest BCUT2D eigenvalue weighted by Gasteiger charge is 2.30. The van der Waals surface area contributed by atoms with Gasteiger partial charge in [-0.15, -0.1) is 0 Å². The molecular formula is C19H24N4O. The molecule has 1 aromatic carbocycles. The molecule has 0 N–H and O–H groups in total. The van der Waals surface area contributed by atoms with Crippen molar-refractivity contribution in [1.82, 2.24) is 14.8 Å². The summed E-state index contributed by atoms with van der Waals surface area (Å²) in [4.78, 5) is 23.6. The molecule has 1 amide bonds. The molecule has 1 saturated heterocycles. The SMILES string of the molecule is CN(C)C(C(=O)N1CCN(c2ccccn2)CC1)c1ccccc1. The predicted octanol–water partition coefficient (Wildman–Crippen LogP) is 2.03. The van der Waals surface area contributed by atoms with Crippen LogP contribution in [0.25, 0.3) is 0 Å². The highest BCUT2D eigenvalue weighted by molar-refractivity contribution is 5.83. The molecule has 2 aromatic rings. The van der Waals surface area contributed by atoms with Crippen molar-refractivity contribution in [3.05, 3.63) is 60.3 Å². The molecule has 1 unspecified atom stereocenters. The Bertz CT molecular complexity index is 652. The van der Waals surface area contributed by atoms with E-state index in [0.29, 0.717) is 0 Å². The van der Waals surface area contributed by atoms with Crippen molar-refractivity contribution in [1.29, 1.82) is 0 Å². The van der Waals surface area contributed by atoms with E-state index in [9.17, 15) is 4.79 Å². The number of hydrogen-bond donors (Lipinski definition) is 0. The highest BCUT2D eigenvalue weighted by atomic mass is 16.2. The van der Waals surface area contributed by atoms with Crippen molar-refractivity contribution in [3.63, 3.8) is 0 Å². The van der Waals surface area contributed by atoms with Crippen LogP contribution in [-0.4, -0.2) is 61.0 Å². The van der Waals surface area contributed by atoms with Crippen LogP contribution < -0.4 is 4.90 Å². The van der Waals surface area contributed by atoms with Gasteiger partial charge in [0.25, 0.3) is 0 Å². The minimum absolute atomic E-state index is 0.173. The fourth-order valence-electron chi connectivity index (χ4n) is 3.17. The van der Waals surface area contributed by atoms with E-state index in [1.807, 2.05) is 78.6 Å². The number of anilines is 1. The molecule has 2 heterocycles. The van der Waals surface area contributed by atoms with Crippen LogP contribution in [0.2, 0.25) is 0 Å². The molecule has 1 fully saturated rings. The predicted molar refractivity (Wildman–Crippen MR) is 95.9 cm³/mol. The van der Waals surface area contributed by atoms with E-state index in [1.165, 1.54) is 0 Å². The lowest BCUT2D eigenvalue weighted by Crippen LogP contribution is -2.51. The number of carbonyl (C=O) groups is 1. The third kappa shape index (κ3) is 3.57. The van der Waals surface area contributed by atoms with Gasteiger partial charge in [-0.1, -0.05) is 36.4 Å². The molecule has 3 rings (SSSR count). The standard InChI is InChI=1S/C19H24N4O/c1-21(2)18(16-8-4-3-5-9-16)19(24)23-14-12-22(13-15-23)17-10-6-7-11-20-17/h3-11,18H,12-15H2,1-2H3. The molecule has 5 nitrogen and oxygen atoms in total. The summed E-state index contributed by atoms with van der Waals surface area (Å²) in [5, 5.41) is 0. The lowest BCUT2D eigenvalue weighted by molar-refractivity contribution is -0.136. The second kappa shape index (κ2) is 7.45. The largest absolute Gasteiger partial charge is 0.353 e. The Morgan fingerprint density at radius 1 is 1.00 bits per heavy atom. The first-order valence-corrected chi connectivity index (χ1v) is 8.33. The maximum absolute atomic E-state index is 13.0. The summed E-state index contributed by atoms with van der Waals surface area (Å²) in [6.07, 6.45) is 1.81. The van der Waals surface area contributed by atoms with E-state index in [1.54, 1.807) is 0 Å². The van der Waals surface area contributed by atoms with E-state index in [4.69, 9.17) is 0 Å². The Kier molecular flexibility index (Phi) is 5.11. The van der Waals surface area contributed by atoms with Gasteiger partial charge >= 0.3 is 0 Å². The van der Waals surface area contributed by atoms with Gasteiger partial charge in [-0.25, -0.2) is 4.98 Å². The van der Waals surface area contributed by atoms with Gasteiger partial charge in [0.05, 0.1) is 0 Å². The van der Waals surface area contributed by atoms with Crippen LogP contribution in [-0.2, 0) is 4.79 Å². The highest BCUT2D eigenvalue weighted by Crippen LogP contribution is 2.22. The zero-order valence-electron chi connectivity index (χ0n) is 14.3. The van der Waals surface area contributed by atoms with Crippen LogP contribution in [0.4, 0.5) is 5.82 Å². The molecule has 1 atom stereocenters. The normalized spacial score (nSPS) is 16.3. The molecule has 0 saturated carbocycles. The number of pyridine rings is 1. The van der Waals surface area contributed by atoms with Crippen LogP contribution in [0.3, 0.4) is 0 Å². The zero-order valence-corrected chi connectivity index (χ0v) is 14.3. The van der Waals surface area contributed by atoms with Crippen LogP contribution in [0.5, 0.6) is 0 Å². The van der Waals surface area contributed by atoms with Gasteiger partial charge in [0.15, 0.2) is 0 Å². The van der Waals surface area contributed by atoms with Gasteiger partial charge in [0, 0.05) is 32.4 Å². The van der Waals surface area contributed by atoms with E-state index >= 15 is 0 Å². The molecule has 24 heavy (non-hydrogen) atoms. The van der Waals surface area contributed by atoms with Gasteiger partial charge in [-0.3, -0.25) is 9.69 Å². The molecule has 0 radical (unpaired) electrons. The molecular weight excluding hydrogens is 300 g/mol. The van der Waals surface area contributed by atoms with E-state index < -0.39 is 0 Å². The number of likely N-dealkylation sites (N-methyl/N-ethyl adjacent to an activating group) is 1. The number of hydrogen-bond acceptors (Lipinski definition) is 4. The second-order valence-electron chi connectivity index (χ2n) is 6.28. The first-order chi connectivity index (χ1) is 11.7. The molecule has 1 aliphatic rings. The summed E-state index contributed by atoms with van der Waals surface area (Å²) in [6, 6.07) is 15.7. The summed E-state index contributed by atoms with van der Waals surface area (Å²) in [5.74, 6) is 1.16. The lowest BCUT2D eigenvalue weighted by Gasteiger charge is -2.38. The number of amides is 1. The number of rotatable bonds is 4. The Hall–Kier alpha value is -2.40. The van der Waals surface area contributed by atoms with Crippen molar-refractivity contribution >= 4 is 11.7 Å². The van der Waals surface area contributed by atoms with Crippen molar-refractivity contribution in [2.24, 2.45) is 0 Å². The average molecular weight is 324 g/mol. The minimum Gasteiger partial charge on any atom is -0.353 e. The maximum atomic E-state index is 13.0. The minimum atomic E-state index is -0.229. The number of aromatic nitrogens is 1. The maximum Gasteiger partial charge on any atom is 0.244 e. The second-order valence-corrected chi connectivity index (χ2v) is 6.28. The van der Waals surface area contributed by atoms with Gasteiger partial charge in [0.1, 0.15) is 11.9 Å². The molecule has 126 valence electrons. The van der Waals surface area contributed by atoms with Crippen LogP contribution in [0, 0.1) is 0 Å². The Balaban J connectivity index is 1.67. The van der Waals surface area contributed by atoms with Crippen molar-refractivity contribution in [3.8, 4) is 0 Å². The average Bonchev–Trinajstić information content (AvgIpc) is 2.63. The zero-order chi connectivity index (χ0) is 16.9. The van der Waals surface area contributed by atoms with Gasteiger partial charge in [0.2, 0.25) is 5.91 Å². The molecule has 1 aromatic heterocycles. The van der Waals surface area contributed by atoms with Crippen molar-refractivity contribution < 1.29 is 4.79 Å². The van der Waals surface area contributed by atoms with Crippen LogP contribution in [0.15, 0.2) is 54.7 Å². The topological polar surface area (TPSA) is 39.7 Å². The number of nitrogens with zero attached hydrogens (tertiary/aromatic N) is 4. The molecule has 1 aliphatic heterocycles. The Morgan fingerprint density at radius 3 is 2.25 bits per heavy atom. The number of piperazine rings is 1. The lowest BCUT2D eigenvalue weighted by atomic mass is 10.0.